The van der Waals surface area contributed by atoms with E-state index >= 15 is 0 Å². The van der Waals surface area contributed by atoms with Gasteiger partial charge in [0.2, 0.25) is 11.8 Å². The molecule has 0 saturated heterocycles. The molecular weight excluding hydrogens is 216 g/mol. The summed E-state index contributed by atoms with van der Waals surface area (Å²) in [6, 6.07) is 9.45. The van der Waals surface area contributed by atoms with Gasteiger partial charge in [-0.15, -0.1) is 0 Å². The first-order chi connectivity index (χ1) is 8.09. The summed E-state index contributed by atoms with van der Waals surface area (Å²) < 4.78 is 0. The molecular formula is C13H18N2O2. The fourth-order valence-corrected chi connectivity index (χ4v) is 1.69. The van der Waals surface area contributed by atoms with Crippen molar-refractivity contribution in [3.05, 3.63) is 35.9 Å². The maximum atomic E-state index is 11.1. The zero-order valence-electron chi connectivity index (χ0n) is 9.98. The number of primary amides is 1. The number of hydrogen-bond acceptors (Lipinski definition) is 2. The molecule has 1 unspecified atom stereocenters. The van der Waals surface area contributed by atoms with Gasteiger partial charge in [0.05, 0.1) is 0 Å². The molecule has 92 valence electrons. The molecule has 0 bridgehead atoms. The summed E-state index contributed by atoms with van der Waals surface area (Å²) in [6.45, 7) is 1.38. The molecule has 1 aromatic rings. The molecule has 2 amide bonds. The average molecular weight is 234 g/mol. The first-order valence-corrected chi connectivity index (χ1v) is 5.70. The van der Waals surface area contributed by atoms with Crippen molar-refractivity contribution in [1.29, 1.82) is 0 Å². The second-order valence-electron chi connectivity index (χ2n) is 4.03. The van der Waals surface area contributed by atoms with Gasteiger partial charge in [0.15, 0.2) is 0 Å². The van der Waals surface area contributed by atoms with Crippen molar-refractivity contribution in [3.8, 4) is 0 Å². The minimum atomic E-state index is -0.559. The highest BCUT2D eigenvalue weighted by Crippen LogP contribution is 2.06. The quantitative estimate of drug-likeness (QED) is 0.770. The van der Waals surface area contributed by atoms with Crippen LogP contribution in [0, 0.1) is 0 Å². The number of amides is 2. The number of aryl methyl sites for hydroxylation is 1. The molecule has 3 N–H and O–H groups in total. The summed E-state index contributed by atoms with van der Waals surface area (Å²) in [5, 5.41) is 2.55. The molecule has 4 nitrogen and oxygen atoms in total. The van der Waals surface area contributed by atoms with E-state index in [1.165, 1.54) is 12.5 Å². The Morgan fingerprint density at radius 2 is 1.94 bits per heavy atom. The van der Waals surface area contributed by atoms with E-state index < -0.39 is 11.9 Å². The lowest BCUT2D eigenvalue weighted by Gasteiger charge is -2.13. The van der Waals surface area contributed by atoms with E-state index in [9.17, 15) is 9.59 Å². The maximum absolute atomic E-state index is 11.1. The molecule has 1 aromatic carbocycles. The van der Waals surface area contributed by atoms with Crippen LogP contribution in [-0.4, -0.2) is 17.9 Å². The molecule has 0 fully saturated rings. The standard InChI is InChI=1S/C13H18N2O2/c1-10(16)15-12(13(14)17)9-5-8-11-6-3-2-4-7-11/h2-4,6-7,12H,5,8-9H2,1H3,(H2,14,17)(H,15,16). The van der Waals surface area contributed by atoms with Crippen LogP contribution in [0.25, 0.3) is 0 Å². The highest BCUT2D eigenvalue weighted by Gasteiger charge is 2.15. The Morgan fingerprint density at radius 1 is 1.29 bits per heavy atom. The fraction of sp³-hybridized carbons (Fsp3) is 0.385. The Balaban J connectivity index is 2.37. The monoisotopic (exact) mass is 234 g/mol. The van der Waals surface area contributed by atoms with Crippen LogP contribution in [0.15, 0.2) is 30.3 Å². The van der Waals surface area contributed by atoms with Gasteiger partial charge in [0.25, 0.3) is 0 Å². The van der Waals surface area contributed by atoms with Crippen LogP contribution < -0.4 is 11.1 Å². The molecule has 0 spiro atoms. The predicted molar refractivity (Wildman–Crippen MR) is 66.2 cm³/mol. The lowest BCUT2D eigenvalue weighted by Crippen LogP contribution is -2.43. The zero-order chi connectivity index (χ0) is 12.7. The van der Waals surface area contributed by atoms with Gasteiger partial charge < -0.3 is 11.1 Å². The second kappa shape index (κ2) is 6.68. The first kappa shape index (κ1) is 13.2. The number of carbonyl (C=O) groups is 2. The molecule has 17 heavy (non-hydrogen) atoms. The molecule has 0 aromatic heterocycles. The number of nitrogens with one attached hydrogen (secondary N) is 1. The Hall–Kier alpha value is -1.84. The van der Waals surface area contributed by atoms with Crippen molar-refractivity contribution in [2.45, 2.75) is 32.2 Å². The summed E-state index contributed by atoms with van der Waals surface area (Å²) in [6.07, 6.45) is 2.27. The molecule has 0 heterocycles. The second-order valence-corrected chi connectivity index (χ2v) is 4.03. The third-order valence-electron chi connectivity index (χ3n) is 2.52. The highest BCUT2D eigenvalue weighted by molar-refractivity contribution is 5.85. The van der Waals surface area contributed by atoms with E-state index in [4.69, 9.17) is 5.73 Å². The number of carbonyl (C=O) groups excluding carboxylic acids is 2. The number of rotatable bonds is 6. The Morgan fingerprint density at radius 3 is 2.47 bits per heavy atom. The van der Waals surface area contributed by atoms with Crippen molar-refractivity contribution >= 4 is 11.8 Å². The van der Waals surface area contributed by atoms with Gasteiger partial charge in [-0.05, 0) is 24.8 Å². The summed E-state index contributed by atoms with van der Waals surface area (Å²) in [5.41, 5.74) is 6.43. The lowest BCUT2D eigenvalue weighted by molar-refractivity contribution is -0.126. The fourth-order valence-electron chi connectivity index (χ4n) is 1.69. The van der Waals surface area contributed by atoms with Crippen LogP contribution in [0.3, 0.4) is 0 Å². The van der Waals surface area contributed by atoms with Crippen molar-refractivity contribution < 1.29 is 9.59 Å². The Kier molecular flexibility index (Phi) is 5.20. The smallest absolute Gasteiger partial charge is 0.239 e. The van der Waals surface area contributed by atoms with Crippen LogP contribution in [0.2, 0.25) is 0 Å². The van der Waals surface area contributed by atoms with Gasteiger partial charge in [-0.2, -0.15) is 0 Å². The van der Waals surface area contributed by atoms with Crippen LogP contribution in [-0.2, 0) is 16.0 Å². The van der Waals surface area contributed by atoms with Gasteiger partial charge in [-0.3, -0.25) is 9.59 Å². The topological polar surface area (TPSA) is 72.2 Å². The maximum Gasteiger partial charge on any atom is 0.239 e. The van der Waals surface area contributed by atoms with E-state index in [2.05, 4.69) is 5.32 Å². The minimum Gasteiger partial charge on any atom is -0.368 e. The molecule has 0 radical (unpaired) electrons. The van der Waals surface area contributed by atoms with Crippen molar-refractivity contribution in [2.24, 2.45) is 5.73 Å². The van der Waals surface area contributed by atoms with Crippen molar-refractivity contribution in [3.63, 3.8) is 0 Å². The molecule has 1 rings (SSSR count). The van der Waals surface area contributed by atoms with Gasteiger partial charge >= 0.3 is 0 Å². The van der Waals surface area contributed by atoms with E-state index in [0.717, 1.165) is 12.8 Å². The van der Waals surface area contributed by atoms with Crippen LogP contribution >= 0.6 is 0 Å². The molecule has 1 atom stereocenters. The van der Waals surface area contributed by atoms with Crippen LogP contribution in [0.5, 0.6) is 0 Å². The zero-order valence-corrected chi connectivity index (χ0v) is 9.98. The Bertz CT molecular complexity index is 376. The lowest BCUT2D eigenvalue weighted by atomic mass is 10.0. The molecule has 0 aliphatic rings. The minimum absolute atomic E-state index is 0.228. The van der Waals surface area contributed by atoms with E-state index in [-0.39, 0.29) is 5.91 Å². The van der Waals surface area contributed by atoms with Gasteiger partial charge in [0, 0.05) is 6.92 Å². The number of hydrogen-bond donors (Lipinski definition) is 2. The van der Waals surface area contributed by atoms with E-state index in [1.807, 2.05) is 30.3 Å². The van der Waals surface area contributed by atoms with Gasteiger partial charge in [-0.1, -0.05) is 30.3 Å². The summed E-state index contributed by atoms with van der Waals surface area (Å²) in [4.78, 5) is 22.0. The van der Waals surface area contributed by atoms with Gasteiger partial charge in [-0.25, -0.2) is 0 Å². The third kappa shape index (κ3) is 5.15. The highest BCUT2D eigenvalue weighted by atomic mass is 16.2. The SMILES string of the molecule is CC(=O)NC(CCCc1ccccc1)C(N)=O. The van der Waals surface area contributed by atoms with E-state index in [0.29, 0.717) is 6.42 Å². The molecule has 4 heteroatoms. The number of nitrogens with two attached hydrogens (primary N) is 1. The molecule has 0 aliphatic heterocycles. The van der Waals surface area contributed by atoms with Crippen molar-refractivity contribution in [2.75, 3.05) is 0 Å². The summed E-state index contributed by atoms with van der Waals surface area (Å²) >= 11 is 0. The average Bonchev–Trinajstić information content (AvgIpc) is 2.28. The summed E-state index contributed by atoms with van der Waals surface area (Å²) in [7, 11) is 0. The molecule has 0 saturated carbocycles. The normalized spacial score (nSPS) is 11.8. The van der Waals surface area contributed by atoms with Crippen LogP contribution in [0.1, 0.15) is 25.3 Å². The number of benzene rings is 1. The third-order valence-corrected chi connectivity index (χ3v) is 2.52. The van der Waals surface area contributed by atoms with Crippen LogP contribution in [0.4, 0.5) is 0 Å². The predicted octanol–water partition coefficient (Wildman–Crippen LogP) is 0.999. The van der Waals surface area contributed by atoms with Crippen molar-refractivity contribution in [1.82, 2.24) is 5.32 Å². The van der Waals surface area contributed by atoms with Gasteiger partial charge in [0.1, 0.15) is 6.04 Å². The Labute approximate surface area is 101 Å². The van der Waals surface area contributed by atoms with E-state index in [1.54, 1.807) is 0 Å². The summed E-state index contributed by atoms with van der Waals surface area (Å²) in [5.74, 6) is -0.707. The first-order valence-electron chi connectivity index (χ1n) is 5.70. The largest absolute Gasteiger partial charge is 0.368 e. The molecule has 0 aliphatic carbocycles.